The minimum absolute atomic E-state index is 0.310. The molecule has 0 saturated heterocycles. The highest BCUT2D eigenvalue weighted by atomic mass is 16.3. The molecular formula is C9H15NO. The third-order valence-corrected chi connectivity index (χ3v) is 2.07. The molecule has 0 spiro atoms. The van der Waals surface area contributed by atoms with Crippen molar-refractivity contribution in [3.05, 3.63) is 18.4 Å². The molecule has 1 aromatic heterocycles. The minimum atomic E-state index is 0.310. The van der Waals surface area contributed by atoms with Crippen LogP contribution in [0, 0.1) is 5.41 Å². The van der Waals surface area contributed by atoms with Crippen LogP contribution in [-0.2, 0) is 6.42 Å². The Labute approximate surface area is 67.6 Å². The zero-order valence-corrected chi connectivity index (χ0v) is 7.42. The van der Waals surface area contributed by atoms with E-state index in [4.69, 9.17) is 4.42 Å². The van der Waals surface area contributed by atoms with Crippen molar-refractivity contribution in [1.82, 2.24) is 4.98 Å². The van der Waals surface area contributed by atoms with Gasteiger partial charge in [0.1, 0.15) is 6.26 Å². The first kappa shape index (κ1) is 8.31. The van der Waals surface area contributed by atoms with E-state index in [0.717, 1.165) is 18.7 Å². The Morgan fingerprint density at radius 2 is 2.27 bits per heavy atom. The Hall–Kier alpha value is -0.790. The van der Waals surface area contributed by atoms with Gasteiger partial charge < -0.3 is 4.42 Å². The van der Waals surface area contributed by atoms with Crippen molar-refractivity contribution in [2.45, 2.75) is 33.6 Å². The third-order valence-electron chi connectivity index (χ3n) is 2.07. The van der Waals surface area contributed by atoms with E-state index in [1.54, 1.807) is 12.5 Å². The molecule has 2 heteroatoms. The van der Waals surface area contributed by atoms with E-state index in [-0.39, 0.29) is 0 Å². The van der Waals surface area contributed by atoms with Gasteiger partial charge >= 0.3 is 0 Å². The van der Waals surface area contributed by atoms with Crippen LogP contribution < -0.4 is 0 Å². The molecule has 0 atom stereocenters. The molecule has 0 unspecified atom stereocenters. The van der Waals surface area contributed by atoms with Crippen molar-refractivity contribution in [1.29, 1.82) is 0 Å². The summed E-state index contributed by atoms with van der Waals surface area (Å²) in [5.41, 5.74) is 0.310. The molecule has 0 aliphatic carbocycles. The highest BCUT2D eigenvalue weighted by Gasteiger charge is 2.17. The summed E-state index contributed by atoms with van der Waals surface area (Å²) in [6.07, 6.45) is 5.40. The molecule has 0 fully saturated rings. The summed E-state index contributed by atoms with van der Waals surface area (Å²) in [6, 6.07) is 0. The zero-order valence-electron chi connectivity index (χ0n) is 7.42. The lowest BCUT2D eigenvalue weighted by Crippen LogP contribution is -2.13. The standard InChI is InChI=1S/C9H15NO/c1-4-9(2,3)7-8-10-5-6-11-8/h5-6H,4,7H2,1-3H3. The first-order valence-corrected chi connectivity index (χ1v) is 4.02. The lowest BCUT2D eigenvalue weighted by Gasteiger charge is -2.19. The number of hydrogen-bond acceptors (Lipinski definition) is 2. The van der Waals surface area contributed by atoms with Crippen LogP contribution in [0.15, 0.2) is 16.9 Å². The van der Waals surface area contributed by atoms with E-state index in [0.29, 0.717) is 5.41 Å². The van der Waals surface area contributed by atoms with Crippen molar-refractivity contribution in [2.75, 3.05) is 0 Å². The molecular weight excluding hydrogens is 138 g/mol. The summed E-state index contributed by atoms with van der Waals surface area (Å²) >= 11 is 0. The quantitative estimate of drug-likeness (QED) is 0.667. The number of hydrogen-bond donors (Lipinski definition) is 0. The highest BCUT2D eigenvalue weighted by Crippen LogP contribution is 2.24. The van der Waals surface area contributed by atoms with Gasteiger partial charge in [-0.15, -0.1) is 0 Å². The van der Waals surface area contributed by atoms with E-state index >= 15 is 0 Å². The summed E-state index contributed by atoms with van der Waals surface area (Å²) in [4.78, 5) is 4.08. The van der Waals surface area contributed by atoms with Gasteiger partial charge in [0.2, 0.25) is 0 Å². The monoisotopic (exact) mass is 153 g/mol. The SMILES string of the molecule is CCC(C)(C)Cc1ncco1. The lowest BCUT2D eigenvalue weighted by molar-refractivity contribution is 0.310. The van der Waals surface area contributed by atoms with Crippen molar-refractivity contribution < 1.29 is 4.42 Å². The van der Waals surface area contributed by atoms with Crippen LogP contribution in [0.2, 0.25) is 0 Å². The van der Waals surface area contributed by atoms with Gasteiger partial charge in [0.25, 0.3) is 0 Å². The molecule has 1 rings (SSSR count). The normalized spacial score (nSPS) is 11.9. The molecule has 62 valence electrons. The molecule has 0 saturated carbocycles. The maximum atomic E-state index is 5.16. The number of oxazole rings is 1. The van der Waals surface area contributed by atoms with E-state index in [9.17, 15) is 0 Å². The molecule has 0 aliphatic heterocycles. The van der Waals surface area contributed by atoms with Crippen LogP contribution in [0.1, 0.15) is 33.1 Å². The van der Waals surface area contributed by atoms with Gasteiger partial charge in [-0.1, -0.05) is 27.2 Å². The maximum Gasteiger partial charge on any atom is 0.194 e. The number of aromatic nitrogens is 1. The van der Waals surface area contributed by atoms with Crippen LogP contribution in [0.3, 0.4) is 0 Å². The molecule has 0 aliphatic rings. The topological polar surface area (TPSA) is 26.0 Å². The molecule has 0 N–H and O–H groups in total. The van der Waals surface area contributed by atoms with Crippen LogP contribution in [0.4, 0.5) is 0 Å². The van der Waals surface area contributed by atoms with Crippen molar-refractivity contribution in [2.24, 2.45) is 5.41 Å². The average molecular weight is 153 g/mol. The fraction of sp³-hybridized carbons (Fsp3) is 0.667. The second-order valence-electron chi connectivity index (χ2n) is 3.62. The summed E-state index contributed by atoms with van der Waals surface area (Å²) in [7, 11) is 0. The molecule has 0 aromatic carbocycles. The average Bonchev–Trinajstić information content (AvgIpc) is 2.39. The van der Waals surface area contributed by atoms with Crippen molar-refractivity contribution >= 4 is 0 Å². The van der Waals surface area contributed by atoms with Gasteiger partial charge in [0, 0.05) is 6.42 Å². The Kier molecular flexibility index (Phi) is 2.32. The molecule has 1 aromatic rings. The first-order valence-electron chi connectivity index (χ1n) is 4.02. The molecule has 1 heterocycles. The third kappa shape index (κ3) is 2.37. The van der Waals surface area contributed by atoms with Crippen LogP contribution >= 0.6 is 0 Å². The van der Waals surface area contributed by atoms with E-state index in [2.05, 4.69) is 25.8 Å². The van der Waals surface area contributed by atoms with Crippen molar-refractivity contribution in [3.63, 3.8) is 0 Å². The van der Waals surface area contributed by atoms with Crippen LogP contribution in [0.25, 0.3) is 0 Å². The minimum Gasteiger partial charge on any atom is -0.449 e. The largest absolute Gasteiger partial charge is 0.449 e. The summed E-state index contributed by atoms with van der Waals surface area (Å²) < 4.78 is 5.16. The summed E-state index contributed by atoms with van der Waals surface area (Å²) in [5, 5.41) is 0. The Morgan fingerprint density at radius 3 is 2.73 bits per heavy atom. The Balaban J connectivity index is 2.56. The fourth-order valence-corrected chi connectivity index (χ4v) is 0.875. The Morgan fingerprint density at radius 1 is 1.55 bits per heavy atom. The van der Waals surface area contributed by atoms with E-state index in [1.165, 1.54) is 0 Å². The van der Waals surface area contributed by atoms with E-state index in [1.807, 2.05) is 0 Å². The van der Waals surface area contributed by atoms with Gasteiger partial charge in [0.05, 0.1) is 6.20 Å². The molecule has 0 radical (unpaired) electrons. The maximum absolute atomic E-state index is 5.16. The van der Waals surface area contributed by atoms with E-state index < -0.39 is 0 Å². The predicted molar refractivity (Wildman–Crippen MR) is 44.3 cm³/mol. The predicted octanol–water partition coefficient (Wildman–Crippen LogP) is 2.65. The molecule has 2 nitrogen and oxygen atoms in total. The zero-order chi connectivity index (χ0) is 8.32. The van der Waals surface area contributed by atoms with Crippen LogP contribution in [0.5, 0.6) is 0 Å². The highest BCUT2D eigenvalue weighted by molar-refractivity contribution is 4.86. The number of rotatable bonds is 3. The van der Waals surface area contributed by atoms with Gasteiger partial charge in [-0.05, 0) is 5.41 Å². The van der Waals surface area contributed by atoms with Gasteiger partial charge in [0.15, 0.2) is 5.89 Å². The van der Waals surface area contributed by atoms with Gasteiger partial charge in [-0.3, -0.25) is 0 Å². The second-order valence-corrected chi connectivity index (χ2v) is 3.62. The first-order chi connectivity index (χ1) is 5.14. The van der Waals surface area contributed by atoms with Gasteiger partial charge in [-0.25, -0.2) is 4.98 Å². The molecule has 0 amide bonds. The second kappa shape index (κ2) is 3.07. The fourth-order valence-electron chi connectivity index (χ4n) is 0.875. The molecule has 11 heavy (non-hydrogen) atoms. The van der Waals surface area contributed by atoms with Crippen LogP contribution in [-0.4, -0.2) is 4.98 Å². The van der Waals surface area contributed by atoms with Gasteiger partial charge in [-0.2, -0.15) is 0 Å². The lowest BCUT2D eigenvalue weighted by atomic mass is 9.87. The molecule has 0 bridgehead atoms. The summed E-state index contributed by atoms with van der Waals surface area (Å²) in [5.74, 6) is 0.844. The Bertz CT molecular complexity index is 201. The smallest absolute Gasteiger partial charge is 0.194 e. The summed E-state index contributed by atoms with van der Waals surface area (Å²) in [6.45, 7) is 6.62. The number of nitrogens with zero attached hydrogens (tertiary/aromatic N) is 1. The van der Waals surface area contributed by atoms with Crippen molar-refractivity contribution in [3.8, 4) is 0 Å².